The van der Waals surface area contributed by atoms with Crippen LogP contribution >= 0.6 is 11.6 Å². The van der Waals surface area contributed by atoms with Crippen molar-refractivity contribution in [3.8, 4) is 0 Å². The molecule has 1 aliphatic carbocycles. The van der Waals surface area contributed by atoms with Crippen LogP contribution in [0.1, 0.15) is 25.7 Å². The first-order valence-corrected chi connectivity index (χ1v) is 6.67. The fourth-order valence-electron chi connectivity index (χ4n) is 2.28. The van der Waals surface area contributed by atoms with Gasteiger partial charge in [0.15, 0.2) is 0 Å². The highest BCUT2D eigenvalue weighted by Gasteiger charge is 2.29. The molecular weight excluding hydrogens is 284 g/mol. The Labute approximate surface area is 120 Å². The minimum atomic E-state index is -0.807. The average Bonchev–Trinajstić information content (AvgIpc) is 2.38. The standard InChI is InChI=1S/C12H15ClN4O3/c13-9-5-10(16-6-15-9)17-11(18)7-2-1-3-8(4-7)20-12(14)19/h5-8H,1-4H2,(H2,14,19)(H,15,16,17,18)/t7-,8+/m0/s1. The van der Waals surface area contributed by atoms with Gasteiger partial charge in [0.1, 0.15) is 23.4 Å². The number of aromatic nitrogens is 2. The highest BCUT2D eigenvalue weighted by atomic mass is 35.5. The summed E-state index contributed by atoms with van der Waals surface area (Å²) >= 11 is 5.72. The number of anilines is 1. The average molecular weight is 299 g/mol. The minimum absolute atomic E-state index is 0.169. The first kappa shape index (κ1) is 14.5. The van der Waals surface area contributed by atoms with Crippen molar-refractivity contribution in [2.75, 3.05) is 5.32 Å². The van der Waals surface area contributed by atoms with Crippen molar-refractivity contribution in [1.82, 2.24) is 9.97 Å². The third-order valence-corrected chi connectivity index (χ3v) is 3.37. The van der Waals surface area contributed by atoms with Crippen molar-refractivity contribution >= 4 is 29.4 Å². The van der Waals surface area contributed by atoms with Gasteiger partial charge in [-0.3, -0.25) is 4.79 Å². The second-order valence-electron chi connectivity index (χ2n) is 4.64. The lowest BCUT2D eigenvalue weighted by atomic mass is 9.86. The van der Waals surface area contributed by atoms with Crippen LogP contribution in [0, 0.1) is 5.92 Å². The zero-order chi connectivity index (χ0) is 14.5. The van der Waals surface area contributed by atoms with E-state index in [4.69, 9.17) is 22.1 Å². The molecule has 1 aromatic rings. The van der Waals surface area contributed by atoms with Crippen molar-refractivity contribution in [3.05, 3.63) is 17.5 Å². The van der Waals surface area contributed by atoms with Crippen molar-refractivity contribution in [3.63, 3.8) is 0 Å². The van der Waals surface area contributed by atoms with E-state index >= 15 is 0 Å². The minimum Gasteiger partial charge on any atom is -0.446 e. The Morgan fingerprint density at radius 2 is 2.20 bits per heavy atom. The molecule has 2 rings (SSSR count). The SMILES string of the molecule is NC(=O)O[C@@H]1CCC[C@H](C(=O)Nc2cc(Cl)ncn2)C1. The molecule has 1 fully saturated rings. The van der Waals surface area contributed by atoms with Gasteiger partial charge >= 0.3 is 6.09 Å². The van der Waals surface area contributed by atoms with E-state index in [9.17, 15) is 9.59 Å². The van der Waals surface area contributed by atoms with Gasteiger partial charge in [-0.2, -0.15) is 0 Å². The number of nitrogens with two attached hydrogens (primary N) is 1. The maximum Gasteiger partial charge on any atom is 0.404 e. The van der Waals surface area contributed by atoms with Gasteiger partial charge in [0.05, 0.1) is 0 Å². The summed E-state index contributed by atoms with van der Waals surface area (Å²) in [6.07, 6.45) is 2.91. The van der Waals surface area contributed by atoms with Gasteiger partial charge < -0.3 is 15.8 Å². The number of hydrogen-bond donors (Lipinski definition) is 2. The van der Waals surface area contributed by atoms with Crippen LogP contribution in [0.2, 0.25) is 5.15 Å². The van der Waals surface area contributed by atoms with Crippen molar-refractivity contribution in [2.45, 2.75) is 31.8 Å². The molecule has 1 aliphatic rings. The van der Waals surface area contributed by atoms with Crippen molar-refractivity contribution < 1.29 is 14.3 Å². The fourth-order valence-corrected chi connectivity index (χ4v) is 2.43. The molecule has 0 aromatic carbocycles. The zero-order valence-electron chi connectivity index (χ0n) is 10.7. The topological polar surface area (TPSA) is 107 Å². The van der Waals surface area contributed by atoms with Crippen molar-refractivity contribution in [2.24, 2.45) is 11.7 Å². The lowest BCUT2D eigenvalue weighted by molar-refractivity contribution is -0.122. The molecule has 2 atom stereocenters. The molecule has 0 bridgehead atoms. The molecule has 0 saturated heterocycles. The highest BCUT2D eigenvalue weighted by molar-refractivity contribution is 6.29. The first-order chi connectivity index (χ1) is 9.54. The number of primary amides is 1. The first-order valence-electron chi connectivity index (χ1n) is 6.29. The second kappa shape index (κ2) is 6.51. The number of nitrogens with zero attached hydrogens (tertiary/aromatic N) is 2. The number of rotatable bonds is 3. The Morgan fingerprint density at radius 3 is 2.90 bits per heavy atom. The second-order valence-corrected chi connectivity index (χ2v) is 5.02. The molecule has 20 heavy (non-hydrogen) atoms. The summed E-state index contributed by atoms with van der Waals surface area (Å²) in [7, 11) is 0. The van der Waals surface area contributed by atoms with Crippen LogP contribution < -0.4 is 11.1 Å². The predicted molar refractivity (Wildman–Crippen MR) is 72.1 cm³/mol. The number of carbonyl (C=O) groups excluding carboxylic acids is 2. The van der Waals surface area contributed by atoms with Crippen LogP contribution in [-0.2, 0) is 9.53 Å². The molecule has 8 heteroatoms. The molecule has 0 radical (unpaired) electrons. The van der Waals surface area contributed by atoms with Crippen LogP contribution in [-0.4, -0.2) is 28.1 Å². The zero-order valence-corrected chi connectivity index (χ0v) is 11.5. The van der Waals surface area contributed by atoms with E-state index in [-0.39, 0.29) is 23.1 Å². The van der Waals surface area contributed by atoms with Gasteiger partial charge in [0.25, 0.3) is 0 Å². The van der Waals surface area contributed by atoms with Gasteiger partial charge in [-0.05, 0) is 25.7 Å². The predicted octanol–water partition coefficient (Wildman–Crippen LogP) is 1.72. The molecule has 0 spiro atoms. The quantitative estimate of drug-likeness (QED) is 0.826. The smallest absolute Gasteiger partial charge is 0.404 e. The molecule has 1 aromatic heterocycles. The van der Waals surface area contributed by atoms with Crippen LogP contribution in [0.25, 0.3) is 0 Å². The highest BCUT2D eigenvalue weighted by Crippen LogP contribution is 2.27. The summed E-state index contributed by atoms with van der Waals surface area (Å²) in [6, 6.07) is 1.47. The molecule has 1 saturated carbocycles. The Hall–Kier alpha value is -1.89. The number of nitrogens with one attached hydrogen (secondary N) is 1. The van der Waals surface area contributed by atoms with E-state index in [1.165, 1.54) is 12.4 Å². The monoisotopic (exact) mass is 298 g/mol. The number of ether oxygens (including phenoxy) is 1. The Kier molecular flexibility index (Phi) is 4.73. The van der Waals surface area contributed by atoms with E-state index in [1.54, 1.807) is 0 Å². The molecule has 2 amide bonds. The van der Waals surface area contributed by atoms with E-state index in [1.807, 2.05) is 0 Å². The molecule has 7 nitrogen and oxygen atoms in total. The third-order valence-electron chi connectivity index (χ3n) is 3.16. The summed E-state index contributed by atoms with van der Waals surface area (Å²) in [4.78, 5) is 30.5. The maximum absolute atomic E-state index is 12.1. The molecule has 0 aliphatic heterocycles. The molecule has 3 N–H and O–H groups in total. The summed E-state index contributed by atoms with van der Waals surface area (Å²) in [5.41, 5.74) is 4.99. The van der Waals surface area contributed by atoms with E-state index < -0.39 is 6.09 Å². The third kappa shape index (κ3) is 4.06. The Morgan fingerprint density at radius 1 is 1.40 bits per heavy atom. The summed E-state index contributed by atoms with van der Waals surface area (Å²) in [5.74, 6) is -0.0488. The van der Waals surface area contributed by atoms with Crippen LogP contribution in [0.4, 0.5) is 10.6 Å². The van der Waals surface area contributed by atoms with Crippen LogP contribution in [0.3, 0.4) is 0 Å². The largest absolute Gasteiger partial charge is 0.446 e. The Balaban J connectivity index is 1.93. The van der Waals surface area contributed by atoms with Crippen LogP contribution in [0.15, 0.2) is 12.4 Å². The van der Waals surface area contributed by atoms with Gasteiger partial charge in [-0.1, -0.05) is 11.6 Å². The summed E-state index contributed by atoms with van der Waals surface area (Å²) < 4.78 is 4.95. The molecule has 0 unspecified atom stereocenters. The van der Waals surface area contributed by atoms with Crippen molar-refractivity contribution in [1.29, 1.82) is 0 Å². The van der Waals surface area contributed by atoms with Gasteiger partial charge in [0, 0.05) is 12.0 Å². The number of halogens is 1. The van der Waals surface area contributed by atoms with E-state index in [0.717, 1.165) is 19.3 Å². The summed E-state index contributed by atoms with van der Waals surface area (Å²) in [5, 5.41) is 2.94. The summed E-state index contributed by atoms with van der Waals surface area (Å²) in [6.45, 7) is 0. The molecular formula is C12H15ClN4O3. The molecule has 108 valence electrons. The maximum atomic E-state index is 12.1. The fraction of sp³-hybridized carbons (Fsp3) is 0.500. The van der Waals surface area contributed by atoms with Gasteiger partial charge in [0.2, 0.25) is 5.91 Å². The lowest BCUT2D eigenvalue weighted by Crippen LogP contribution is -2.33. The lowest BCUT2D eigenvalue weighted by Gasteiger charge is -2.27. The van der Waals surface area contributed by atoms with E-state index in [2.05, 4.69) is 15.3 Å². The molecule has 1 heterocycles. The normalized spacial score (nSPS) is 22.1. The number of amides is 2. The van der Waals surface area contributed by atoms with E-state index in [0.29, 0.717) is 12.2 Å². The van der Waals surface area contributed by atoms with Gasteiger partial charge in [-0.25, -0.2) is 14.8 Å². The Bertz CT molecular complexity index is 511. The van der Waals surface area contributed by atoms with Gasteiger partial charge in [-0.15, -0.1) is 0 Å². The number of carbonyl (C=O) groups is 2. The number of hydrogen-bond acceptors (Lipinski definition) is 5. The van der Waals surface area contributed by atoms with Crippen LogP contribution in [0.5, 0.6) is 0 Å².